The summed E-state index contributed by atoms with van der Waals surface area (Å²) in [5.74, 6) is -0.753. The molecule has 26 heavy (non-hydrogen) atoms. The Morgan fingerprint density at radius 1 is 1.23 bits per heavy atom. The minimum atomic E-state index is -0.389. The summed E-state index contributed by atoms with van der Waals surface area (Å²) in [5, 5.41) is 0. The number of amides is 1. The highest BCUT2D eigenvalue weighted by Crippen LogP contribution is 2.23. The lowest BCUT2D eigenvalue weighted by atomic mass is 10.1. The standard InChI is InChI=1S/C19H17BrN2O3S/c1-11-8-12(2)17-15(9-11)26-19(22(17)10-16(23)25-3)21-18(24)13-6-4-5-7-14(13)20/h4-9H,10H2,1-3H3. The van der Waals surface area contributed by atoms with E-state index in [2.05, 4.69) is 20.9 Å². The molecule has 0 aliphatic carbocycles. The lowest BCUT2D eigenvalue weighted by Gasteiger charge is -2.06. The lowest BCUT2D eigenvalue weighted by molar-refractivity contribution is -0.141. The Morgan fingerprint density at radius 3 is 2.65 bits per heavy atom. The van der Waals surface area contributed by atoms with Gasteiger partial charge in [0.15, 0.2) is 4.80 Å². The van der Waals surface area contributed by atoms with E-state index in [4.69, 9.17) is 4.74 Å². The van der Waals surface area contributed by atoms with Crippen molar-refractivity contribution in [2.45, 2.75) is 20.4 Å². The van der Waals surface area contributed by atoms with Gasteiger partial charge in [-0.25, -0.2) is 0 Å². The van der Waals surface area contributed by atoms with E-state index in [0.29, 0.717) is 14.8 Å². The van der Waals surface area contributed by atoms with Crippen LogP contribution in [0.4, 0.5) is 0 Å². The number of hydrogen-bond donors (Lipinski definition) is 0. The summed E-state index contributed by atoms with van der Waals surface area (Å²) in [6.45, 7) is 4.00. The molecule has 2 aromatic carbocycles. The van der Waals surface area contributed by atoms with Crippen molar-refractivity contribution in [3.05, 3.63) is 62.4 Å². The number of hydrogen-bond acceptors (Lipinski definition) is 4. The zero-order valence-electron chi connectivity index (χ0n) is 14.6. The summed E-state index contributed by atoms with van der Waals surface area (Å²) in [7, 11) is 1.34. The van der Waals surface area contributed by atoms with Gasteiger partial charge in [-0.2, -0.15) is 4.99 Å². The lowest BCUT2D eigenvalue weighted by Crippen LogP contribution is -2.22. The molecule has 3 aromatic rings. The summed E-state index contributed by atoms with van der Waals surface area (Å²) in [6, 6.07) is 11.2. The normalized spacial score (nSPS) is 11.8. The highest BCUT2D eigenvalue weighted by Gasteiger charge is 2.15. The molecule has 1 heterocycles. The number of methoxy groups -OCH3 is 1. The van der Waals surface area contributed by atoms with Gasteiger partial charge in [-0.15, -0.1) is 0 Å². The largest absolute Gasteiger partial charge is 0.468 e. The molecule has 0 radical (unpaired) electrons. The Labute approximate surface area is 163 Å². The van der Waals surface area contributed by atoms with E-state index < -0.39 is 0 Å². The molecular formula is C19H17BrN2O3S. The topological polar surface area (TPSA) is 60.7 Å². The summed E-state index contributed by atoms with van der Waals surface area (Å²) in [6.07, 6.45) is 0. The number of esters is 1. The van der Waals surface area contributed by atoms with Gasteiger partial charge in [-0.1, -0.05) is 29.5 Å². The Hall–Kier alpha value is -2.25. The van der Waals surface area contributed by atoms with E-state index in [1.807, 2.05) is 32.0 Å². The zero-order valence-corrected chi connectivity index (χ0v) is 17.0. The van der Waals surface area contributed by atoms with Gasteiger partial charge in [0.25, 0.3) is 5.91 Å². The van der Waals surface area contributed by atoms with Crippen LogP contribution in [0.25, 0.3) is 10.2 Å². The molecule has 0 aliphatic heterocycles. The highest BCUT2D eigenvalue weighted by molar-refractivity contribution is 9.10. The molecule has 0 saturated heterocycles. The number of halogens is 1. The second-order valence-electron chi connectivity index (χ2n) is 5.87. The summed E-state index contributed by atoms with van der Waals surface area (Å²) >= 11 is 4.76. The Morgan fingerprint density at radius 2 is 1.96 bits per heavy atom. The maximum atomic E-state index is 12.7. The molecular weight excluding hydrogens is 416 g/mol. The van der Waals surface area contributed by atoms with Crippen LogP contribution in [0.5, 0.6) is 0 Å². The number of thiazole rings is 1. The van der Waals surface area contributed by atoms with E-state index >= 15 is 0 Å². The molecule has 0 unspecified atom stereocenters. The van der Waals surface area contributed by atoms with Crippen LogP contribution in [0.1, 0.15) is 21.5 Å². The molecule has 1 aromatic heterocycles. The van der Waals surface area contributed by atoms with Crippen molar-refractivity contribution in [3.8, 4) is 0 Å². The van der Waals surface area contributed by atoms with Crippen molar-refractivity contribution in [2.75, 3.05) is 7.11 Å². The summed E-state index contributed by atoms with van der Waals surface area (Å²) in [4.78, 5) is 29.3. The Bertz CT molecular complexity index is 1080. The van der Waals surface area contributed by atoms with Gasteiger partial charge in [-0.3, -0.25) is 9.59 Å². The van der Waals surface area contributed by atoms with Gasteiger partial charge in [-0.05, 0) is 59.1 Å². The van der Waals surface area contributed by atoms with Crippen molar-refractivity contribution in [1.29, 1.82) is 0 Å². The second-order valence-corrected chi connectivity index (χ2v) is 7.74. The first kappa shape index (κ1) is 18.5. The van der Waals surface area contributed by atoms with Crippen LogP contribution in [-0.4, -0.2) is 23.6 Å². The average Bonchev–Trinajstić information content (AvgIpc) is 2.92. The summed E-state index contributed by atoms with van der Waals surface area (Å²) < 4.78 is 8.21. The maximum Gasteiger partial charge on any atom is 0.325 e. The number of carbonyl (C=O) groups excluding carboxylic acids is 2. The zero-order chi connectivity index (χ0) is 18.8. The van der Waals surface area contributed by atoms with Crippen LogP contribution in [-0.2, 0) is 16.1 Å². The Balaban J connectivity index is 2.22. The number of carbonyl (C=O) groups is 2. The summed E-state index contributed by atoms with van der Waals surface area (Å²) in [5.41, 5.74) is 3.51. The van der Waals surface area contributed by atoms with E-state index in [1.165, 1.54) is 18.4 Å². The molecule has 0 atom stereocenters. The number of ether oxygens (including phenoxy) is 1. The first-order valence-corrected chi connectivity index (χ1v) is 9.52. The van der Waals surface area contributed by atoms with Crippen molar-refractivity contribution >= 4 is 49.4 Å². The number of benzene rings is 2. The third-order valence-electron chi connectivity index (χ3n) is 3.93. The monoisotopic (exact) mass is 432 g/mol. The second kappa shape index (κ2) is 7.55. The van der Waals surface area contributed by atoms with Crippen LogP contribution >= 0.6 is 27.3 Å². The molecule has 5 nitrogen and oxygen atoms in total. The van der Waals surface area contributed by atoms with Crippen LogP contribution in [0, 0.1) is 13.8 Å². The van der Waals surface area contributed by atoms with Gasteiger partial charge in [0.2, 0.25) is 0 Å². The van der Waals surface area contributed by atoms with Gasteiger partial charge in [0, 0.05) is 4.47 Å². The molecule has 7 heteroatoms. The average molecular weight is 433 g/mol. The predicted molar refractivity (Wildman–Crippen MR) is 105 cm³/mol. The number of rotatable bonds is 3. The molecule has 0 N–H and O–H groups in total. The van der Waals surface area contributed by atoms with Crippen LogP contribution < -0.4 is 4.80 Å². The van der Waals surface area contributed by atoms with Gasteiger partial charge in [0.1, 0.15) is 6.54 Å². The molecule has 0 fully saturated rings. The molecule has 134 valence electrons. The third-order valence-corrected chi connectivity index (χ3v) is 5.65. The molecule has 1 amide bonds. The molecule has 0 saturated carbocycles. The van der Waals surface area contributed by atoms with Crippen molar-refractivity contribution in [3.63, 3.8) is 0 Å². The molecule has 0 aliphatic rings. The fourth-order valence-electron chi connectivity index (χ4n) is 2.80. The van der Waals surface area contributed by atoms with E-state index in [1.54, 1.807) is 22.8 Å². The van der Waals surface area contributed by atoms with E-state index in [0.717, 1.165) is 21.3 Å². The van der Waals surface area contributed by atoms with Gasteiger partial charge in [0.05, 0.1) is 22.9 Å². The first-order valence-electron chi connectivity index (χ1n) is 7.91. The van der Waals surface area contributed by atoms with Crippen LogP contribution in [0.3, 0.4) is 0 Å². The number of nitrogens with zero attached hydrogens (tertiary/aromatic N) is 2. The van der Waals surface area contributed by atoms with Crippen LogP contribution in [0.15, 0.2) is 45.9 Å². The molecule has 3 rings (SSSR count). The van der Waals surface area contributed by atoms with E-state index in [-0.39, 0.29) is 18.4 Å². The highest BCUT2D eigenvalue weighted by atomic mass is 79.9. The smallest absolute Gasteiger partial charge is 0.325 e. The SMILES string of the molecule is COC(=O)Cn1c(=NC(=O)c2ccccc2Br)sc2cc(C)cc(C)c21. The quantitative estimate of drug-likeness (QED) is 0.587. The number of fused-ring (bicyclic) bond motifs is 1. The maximum absolute atomic E-state index is 12.7. The van der Waals surface area contributed by atoms with Crippen molar-refractivity contribution in [1.82, 2.24) is 4.57 Å². The third kappa shape index (κ3) is 3.64. The fraction of sp³-hybridized carbons (Fsp3) is 0.211. The van der Waals surface area contributed by atoms with E-state index in [9.17, 15) is 9.59 Å². The van der Waals surface area contributed by atoms with Gasteiger partial charge >= 0.3 is 5.97 Å². The minimum Gasteiger partial charge on any atom is -0.468 e. The Kier molecular flexibility index (Phi) is 5.38. The van der Waals surface area contributed by atoms with Gasteiger partial charge < -0.3 is 9.30 Å². The number of aryl methyl sites for hydroxylation is 2. The minimum absolute atomic E-state index is 0.00245. The molecule has 0 bridgehead atoms. The van der Waals surface area contributed by atoms with Crippen molar-refractivity contribution in [2.24, 2.45) is 4.99 Å². The van der Waals surface area contributed by atoms with Crippen LogP contribution in [0.2, 0.25) is 0 Å². The number of aromatic nitrogens is 1. The van der Waals surface area contributed by atoms with Crippen molar-refractivity contribution < 1.29 is 14.3 Å². The first-order chi connectivity index (χ1) is 12.4. The fourth-order valence-corrected chi connectivity index (χ4v) is 4.46. The predicted octanol–water partition coefficient (Wildman–Crippen LogP) is 4.00. The molecule has 0 spiro atoms.